The molecule has 0 unspecified atom stereocenters. The average molecular weight is 270 g/mol. The average Bonchev–Trinajstić information content (AvgIpc) is 2.87. The van der Waals surface area contributed by atoms with Gasteiger partial charge in [0.15, 0.2) is 0 Å². The Hall–Kier alpha value is -1.80. The molecule has 0 aromatic carbocycles. The minimum atomic E-state index is -1.06. The number of carboxylic acids is 2. The fourth-order valence-electron chi connectivity index (χ4n) is 1.16. The van der Waals surface area contributed by atoms with E-state index in [2.05, 4.69) is 9.97 Å². The van der Waals surface area contributed by atoms with Crippen molar-refractivity contribution < 1.29 is 19.8 Å². The Morgan fingerprint density at radius 1 is 1.00 bits per heavy atom. The number of thiazole rings is 2. The second-order valence-corrected chi connectivity index (χ2v) is 4.79. The number of hydrogen-bond donors (Lipinski definition) is 2. The molecule has 0 bridgehead atoms. The smallest absolute Gasteiger partial charge is 0.365 e. The molecule has 2 rings (SSSR count). The SMILES string of the molecule is O=C(O)c1nc(Cc2csc(C(=O)O)n2)cs1. The van der Waals surface area contributed by atoms with Gasteiger partial charge >= 0.3 is 11.9 Å². The third kappa shape index (κ3) is 2.66. The molecule has 0 aliphatic heterocycles. The summed E-state index contributed by atoms with van der Waals surface area (Å²) in [5.41, 5.74) is 1.16. The molecule has 17 heavy (non-hydrogen) atoms. The van der Waals surface area contributed by atoms with Crippen LogP contribution in [-0.4, -0.2) is 32.1 Å². The Morgan fingerprint density at radius 3 is 1.71 bits per heavy atom. The van der Waals surface area contributed by atoms with Gasteiger partial charge in [0.05, 0.1) is 11.4 Å². The van der Waals surface area contributed by atoms with Crippen molar-refractivity contribution in [2.45, 2.75) is 6.42 Å². The first-order valence-corrected chi connectivity index (χ1v) is 6.17. The first-order chi connectivity index (χ1) is 8.06. The van der Waals surface area contributed by atoms with Crippen LogP contribution < -0.4 is 0 Å². The molecule has 0 amide bonds. The Morgan fingerprint density at radius 2 is 1.41 bits per heavy atom. The van der Waals surface area contributed by atoms with E-state index in [0.717, 1.165) is 22.7 Å². The summed E-state index contributed by atoms with van der Waals surface area (Å²) in [6.07, 6.45) is 0.341. The molecule has 0 saturated carbocycles. The third-order valence-electron chi connectivity index (χ3n) is 1.83. The van der Waals surface area contributed by atoms with Gasteiger partial charge in [-0.2, -0.15) is 0 Å². The van der Waals surface area contributed by atoms with Crippen molar-refractivity contribution in [2.75, 3.05) is 0 Å². The van der Waals surface area contributed by atoms with E-state index in [4.69, 9.17) is 10.2 Å². The quantitative estimate of drug-likeness (QED) is 0.875. The maximum Gasteiger partial charge on any atom is 0.365 e. The van der Waals surface area contributed by atoms with Crippen molar-refractivity contribution in [3.05, 3.63) is 32.2 Å². The molecular weight excluding hydrogens is 264 g/mol. The van der Waals surface area contributed by atoms with Crippen LogP contribution in [0.25, 0.3) is 0 Å². The summed E-state index contributed by atoms with van der Waals surface area (Å²) in [6, 6.07) is 0. The van der Waals surface area contributed by atoms with Gasteiger partial charge in [-0.15, -0.1) is 22.7 Å². The zero-order valence-corrected chi connectivity index (χ0v) is 9.92. The second kappa shape index (κ2) is 4.60. The van der Waals surface area contributed by atoms with E-state index in [1.165, 1.54) is 0 Å². The molecule has 2 aromatic heterocycles. The first-order valence-electron chi connectivity index (χ1n) is 4.41. The summed E-state index contributed by atoms with van der Waals surface area (Å²) in [5, 5.41) is 20.7. The van der Waals surface area contributed by atoms with Crippen LogP contribution in [-0.2, 0) is 6.42 Å². The van der Waals surface area contributed by atoms with Crippen molar-refractivity contribution in [1.82, 2.24) is 9.97 Å². The Kier molecular flexibility index (Phi) is 3.16. The Bertz CT molecular complexity index is 525. The number of hydrogen-bond acceptors (Lipinski definition) is 6. The minimum absolute atomic E-state index is 0.0219. The molecule has 2 aromatic rings. The lowest BCUT2D eigenvalue weighted by Gasteiger charge is -1.90. The van der Waals surface area contributed by atoms with Crippen molar-refractivity contribution in [3.8, 4) is 0 Å². The van der Waals surface area contributed by atoms with E-state index in [1.54, 1.807) is 10.8 Å². The number of nitrogens with zero attached hydrogens (tertiary/aromatic N) is 2. The zero-order chi connectivity index (χ0) is 12.4. The van der Waals surface area contributed by atoms with Gasteiger partial charge < -0.3 is 10.2 Å². The fourth-order valence-corrected chi connectivity index (χ4v) is 2.47. The summed E-state index contributed by atoms with van der Waals surface area (Å²) >= 11 is 2.08. The van der Waals surface area contributed by atoms with Crippen LogP contribution in [0.15, 0.2) is 10.8 Å². The fraction of sp³-hybridized carbons (Fsp3) is 0.111. The van der Waals surface area contributed by atoms with Crippen LogP contribution in [0.3, 0.4) is 0 Å². The number of carbonyl (C=O) groups is 2. The van der Waals surface area contributed by atoms with Crippen molar-refractivity contribution >= 4 is 34.6 Å². The molecule has 2 N–H and O–H groups in total. The number of aromatic carboxylic acids is 2. The van der Waals surface area contributed by atoms with Gasteiger partial charge in [-0.05, 0) is 0 Å². The van der Waals surface area contributed by atoms with Gasteiger partial charge in [0.2, 0.25) is 10.0 Å². The van der Waals surface area contributed by atoms with E-state index < -0.39 is 11.9 Å². The van der Waals surface area contributed by atoms with E-state index in [1.807, 2.05) is 0 Å². The summed E-state index contributed by atoms with van der Waals surface area (Å²) in [5.74, 6) is -2.13. The lowest BCUT2D eigenvalue weighted by atomic mass is 10.3. The van der Waals surface area contributed by atoms with Crippen molar-refractivity contribution in [2.24, 2.45) is 0 Å². The van der Waals surface area contributed by atoms with Crippen LogP contribution >= 0.6 is 22.7 Å². The van der Waals surface area contributed by atoms with Crippen LogP contribution in [0, 0.1) is 0 Å². The minimum Gasteiger partial charge on any atom is -0.476 e. The molecule has 0 aliphatic carbocycles. The predicted molar refractivity (Wildman–Crippen MR) is 61.0 cm³/mol. The topological polar surface area (TPSA) is 100 Å². The number of aromatic nitrogens is 2. The van der Waals surface area contributed by atoms with Crippen molar-refractivity contribution in [3.63, 3.8) is 0 Å². The number of carboxylic acid groups (broad SMARTS) is 2. The van der Waals surface area contributed by atoms with Crippen LogP contribution in [0.2, 0.25) is 0 Å². The van der Waals surface area contributed by atoms with E-state index >= 15 is 0 Å². The van der Waals surface area contributed by atoms with Gasteiger partial charge in [0.1, 0.15) is 0 Å². The summed E-state index contributed by atoms with van der Waals surface area (Å²) in [6.45, 7) is 0. The molecule has 8 heteroatoms. The largest absolute Gasteiger partial charge is 0.476 e. The normalized spacial score (nSPS) is 10.4. The highest BCUT2D eigenvalue weighted by Gasteiger charge is 2.12. The molecule has 2 heterocycles. The monoisotopic (exact) mass is 270 g/mol. The third-order valence-corrected chi connectivity index (χ3v) is 3.59. The highest BCUT2D eigenvalue weighted by Crippen LogP contribution is 2.16. The molecule has 0 spiro atoms. The number of rotatable bonds is 4. The molecule has 0 aliphatic rings. The summed E-state index contributed by atoms with van der Waals surface area (Å²) < 4.78 is 0. The highest BCUT2D eigenvalue weighted by molar-refractivity contribution is 7.12. The van der Waals surface area contributed by atoms with Gasteiger partial charge in [-0.3, -0.25) is 0 Å². The Labute approximate surface area is 103 Å². The summed E-state index contributed by atoms with van der Waals surface area (Å²) in [4.78, 5) is 29.0. The van der Waals surface area contributed by atoms with Crippen molar-refractivity contribution in [1.29, 1.82) is 0 Å². The zero-order valence-electron chi connectivity index (χ0n) is 8.28. The van der Waals surface area contributed by atoms with E-state index in [9.17, 15) is 9.59 Å². The maximum atomic E-state index is 10.6. The molecule has 0 atom stereocenters. The molecular formula is C9H6N2O4S2. The van der Waals surface area contributed by atoms with Gasteiger partial charge in [-0.1, -0.05) is 0 Å². The molecule has 0 fully saturated rings. The van der Waals surface area contributed by atoms with Crippen LogP contribution in [0.1, 0.15) is 31.0 Å². The standard InChI is InChI=1S/C9H6N2O4S2/c12-8(13)6-10-4(2-16-6)1-5-3-17-7(11-5)9(14)15/h2-3H,1H2,(H,12,13)(H,14,15). The van der Waals surface area contributed by atoms with Crippen LogP contribution in [0.5, 0.6) is 0 Å². The highest BCUT2D eigenvalue weighted by atomic mass is 32.1. The molecule has 0 saturated heterocycles. The molecule has 0 radical (unpaired) electrons. The lowest BCUT2D eigenvalue weighted by molar-refractivity contribution is 0.0685. The lowest BCUT2D eigenvalue weighted by Crippen LogP contribution is -1.98. The van der Waals surface area contributed by atoms with Gasteiger partial charge in [0.25, 0.3) is 0 Å². The van der Waals surface area contributed by atoms with E-state index in [0.29, 0.717) is 17.8 Å². The molecule has 6 nitrogen and oxygen atoms in total. The van der Waals surface area contributed by atoms with E-state index in [-0.39, 0.29) is 10.0 Å². The van der Waals surface area contributed by atoms with Crippen LogP contribution in [0.4, 0.5) is 0 Å². The maximum absolute atomic E-state index is 10.6. The summed E-state index contributed by atoms with van der Waals surface area (Å²) in [7, 11) is 0. The van der Waals surface area contributed by atoms with Gasteiger partial charge in [0, 0.05) is 17.2 Å². The molecule has 88 valence electrons. The predicted octanol–water partition coefficient (Wildman–Crippen LogP) is 1.59. The Balaban J connectivity index is 2.13. The first kappa shape index (κ1) is 11.7. The van der Waals surface area contributed by atoms with Gasteiger partial charge in [-0.25, -0.2) is 19.6 Å². The second-order valence-electron chi connectivity index (χ2n) is 3.08.